The van der Waals surface area contributed by atoms with Gasteiger partial charge in [0.15, 0.2) is 0 Å². The summed E-state index contributed by atoms with van der Waals surface area (Å²) < 4.78 is 13.6. The van der Waals surface area contributed by atoms with Crippen LogP contribution in [0.15, 0.2) is 6.20 Å². The van der Waals surface area contributed by atoms with Gasteiger partial charge in [-0.1, -0.05) is 0 Å². The van der Waals surface area contributed by atoms with Gasteiger partial charge in [-0.15, -0.1) is 0 Å². The molecule has 13 heavy (non-hydrogen) atoms. The SMILES string of the molecule is Cc1nn(CCCCCF)cc1N. The summed E-state index contributed by atoms with van der Waals surface area (Å²) in [4.78, 5) is 0. The highest BCUT2D eigenvalue weighted by molar-refractivity contribution is 5.39. The molecule has 0 aliphatic heterocycles. The maximum Gasteiger partial charge on any atom is 0.0894 e. The molecule has 0 bridgehead atoms. The van der Waals surface area contributed by atoms with E-state index in [9.17, 15) is 4.39 Å². The lowest BCUT2D eigenvalue weighted by molar-refractivity contribution is 0.442. The van der Waals surface area contributed by atoms with E-state index >= 15 is 0 Å². The maximum absolute atomic E-state index is 11.7. The van der Waals surface area contributed by atoms with Crippen molar-refractivity contribution in [1.82, 2.24) is 9.78 Å². The molecule has 0 aliphatic rings. The van der Waals surface area contributed by atoms with Crippen LogP contribution in [0.2, 0.25) is 0 Å². The minimum Gasteiger partial charge on any atom is -0.396 e. The van der Waals surface area contributed by atoms with Gasteiger partial charge in [-0.25, -0.2) is 0 Å². The van der Waals surface area contributed by atoms with Crippen molar-refractivity contribution in [3.8, 4) is 0 Å². The molecule has 0 radical (unpaired) electrons. The predicted octanol–water partition coefficient (Wildman–Crippen LogP) is 1.91. The van der Waals surface area contributed by atoms with Crippen molar-refractivity contribution in [3.63, 3.8) is 0 Å². The van der Waals surface area contributed by atoms with E-state index in [1.165, 1.54) is 0 Å². The van der Waals surface area contributed by atoms with Crippen LogP contribution in [0.4, 0.5) is 10.1 Å². The van der Waals surface area contributed by atoms with Gasteiger partial charge in [0, 0.05) is 12.7 Å². The Morgan fingerprint density at radius 2 is 2.23 bits per heavy atom. The lowest BCUT2D eigenvalue weighted by Gasteiger charge is -1.99. The Labute approximate surface area is 77.7 Å². The van der Waals surface area contributed by atoms with Crippen molar-refractivity contribution in [2.45, 2.75) is 32.7 Å². The molecule has 0 aliphatic carbocycles. The van der Waals surface area contributed by atoms with Crippen LogP contribution in [0.5, 0.6) is 0 Å². The monoisotopic (exact) mass is 185 g/mol. The minimum absolute atomic E-state index is 0.222. The molecule has 0 aromatic carbocycles. The summed E-state index contributed by atoms with van der Waals surface area (Å²) >= 11 is 0. The number of hydrogen-bond acceptors (Lipinski definition) is 2. The van der Waals surface area contributed by atoms with Crippen molar-refractivity contribution in [1.29, 1.82) is 0 Å². The van der Waals surface area contributed by atoms with Crippen LogP contribution in [-0.4, -0.2) is 16.5 Å². The molecular weight excluding hydrogens is 169 g/mol. The number of hydrogen-bond donors (Lipinski definition) is 1. The number of aryl methyl sites for hydroxylation is 2. The molecule has 0 amide bonds. The first-order chi connectivity index (χ1) is 6.24. The summed E-state index contributed by atoms with van der Waals surface area (Å²) in [5.74, 6) is 0. The van der Waals surface area contributed by atoms with E-state index in [0.29, 0.717) is 6.42 Å². The first-order valence-corrected chi connectivity index (χ1v) is 4.59. The molecule has 74 valence electrons. The molecule has 1 aromatic rings. The Morgan fingerprint density at radius 3 is 2.77 bits per heavy atom. The Bertz CT molecular complexity index is 238. The molecule has 1 rings (SSSR count). The molecule has 0 spiro atoms. The van der Waals surface area contributed by atoms with E-state index in [-0.39, 0.29) is 6.67 Å². The lowest BCUT2D eigenvalue weighted by Crippen LogP contribution is -1.98. The van der Waals surface area contributed by atoms with Crippen molar-refractivity contribution >= 4 is 5.69 Å². The van der Waals surface area contributed by atoms with Crippen molar-refractivity contribution in [2.75, 3.05) is 12.4 Å². The van der Waals surface area contributed by atoms with Crippen molar-refractivity contribution < 1.29 is 4.39 Å². The number of aromatic nitrogens is 2. The predicted molar refractivity (Wildman–Crippen MR) is 51.2 cm³/mol. The van der Waals surface area contributed by atoms with Gasteiger partial charge in [-0.05, 0) is 26.2 Å². The number of alkyl halides is 1. The van der Waals surface area contributed by atoms with Crippen LogP contribution in [0.3, 0.4) is 0 Å². The van der Waals surface area contributed by atoms with Crippen LogP contribution in [0, 0.1) is 6.92 Å². The van der Waals surface area contributed by atoms with Crippen LogP contribution < -0.4 is 5.73 Å². The summed E-state index contributed by atoms with van der Waals surface area (Å²) in [5, 5.41) is 4.21. The molecule has 0 fully saturated rings. The van der Waals surface area contributed by atoms with E-state index < -0.39 is 0 Å². The first-order valence-electron chi connectivity index (χ1n) is 4.59. The maximum atomic E-state index is 11.7. The van der Waals surface area contributed by atoms with Gasteiger partial charge in [-0.3, -0.25) is 9.07 Å². The molecule has 0 saturated heterocycles. The third kappa shape index (κ3) is 3.05. The van der Waals surface area contributed by atoms with Crippen LogP contribution in [-0.2, 0) is 6.54 Å². The van der Waals surface area contributed by atoms with Crippen LogP contribution in [0.1, 0.15) is 25.0 Å². The highest BCUT2D eigenvalue weighted by Gasteiger charge is 1.99. The first kappa shape index (κ1) is 10.0. The van der Waals surface area contributed by atoms with Gasteiger partial charge in [-0.2, -0.15) is 5.10 Å². The zero-order valence-corrected chi connectivity index (χ0v) is 7.96. The number of nitrogen functional groups attached to an aromatic ring is 1. The van der Waals surface area contributed by atoms with E-state index in [1.54, 1.807) is 0 Å². The minimum atomic E-state index is -0.222. The third-order valence-corrected chi connectivity index (χ3v) is 2.01. The molecule has 3 nitrogen and oxygen atoms in total. The second kappa shape index (κ2) is 4.84. The zero-order valence-electron chi connectivity index (χ0n) is 7.96. The summed E-state index contributed by atoms with van der Waals surface area (Å²) in [5.41, 5.74) is 7.22. The molecule has 0 atom stereocenters. The van der Waals surface area contributed by atoms with Gasteiger partial charge in [0.2, 0.25) is 0 Å². The van der Waals surface area contributed by atoms with Gasteiger partial charge in [0.25, 0.3) is 0 Å². The van der Waals surface area contributed by atoms with Gasteiger partial charge < -0.3 is 5.73 Å². The lowest BCUT2D eigenvalue weighted by atomic mass is 10.2. The van der Waals surface area contributed by atoms with Gasteiger partial charge >= 0.3 is 0 Å². The Kier molecular flexibility index (Phi) is 3.73. The summed E-state index contributed by atoms with van der Waals surface area (Å²) in [6.45, 7) is 2.49. The average molecular weight is 185 g/mol. The molecule has 0 saturated carbocycles. The molecule has 1 heterocycles. The largest absolute Gasteiger partial charge is 0.396 e. The molecular formula is C9H16FN3. The summed E-state index contributed by atoms with van der Waals surface area (Å²) in [6.07, 6.45) is 4.35. The number of rotatable bonds is 5. The Morgan fingerprint density at radius 1 is 1.46 bits per heavy atom. The van der Waals surface area contributed by atoms with Crippen LogP contribution >= 0.6 is 0 Å². The standard InChI is InChI=1S/C9H16FN3/c1-8-9(11)7-13(12-8)6-4-2-3-5-10/h7H,2-6,11H2,1H3. The van der Waals surface area contributed by atoms with E-state index in [0.717, 1.165) is 30.8 Å². The van der Waals surface area contributed by atoms with E-state index in [1.807, 2.05) is 17.8 Å². The fraction of sp³-hybridized carbons (Fsp3) is 0.667. The van der Waals surface area contributed by atoms with Gasteiger partial charge in [0.1, 0.15) is 0 Å². The molecule has 0 unspecified atom stereocenters. The van der Waals surface area contributed by atoms with Crippen LogP contribution in [0.25, 0.3) is 0 Å². The normalized spacial score (nSPS) is 10.6. The van der Waals surface area contributed by atoms with Crippen molar-refractivity contribution in [3.05, 3.63) is 11.9 Å². The fourth-order valence-corrected chi connectivity index (χ4v) is 1.19. The average Bonchev–Trinajstić information content (AvgIpc) is 2.41. The number of unbranched alkanes of at least 4 members (excludes halogenated alkanes) is 2. The quantitative estimate of drug-likeness (QED) is 0.712. The highest BCUT2D eigenvalue weighted by Crippen LogP contribution is 2.07. The zero-order chi connectivity index (χ0) is 9.68. The fourth-order valence-electron chi connectivity index (χ4n) is 1.19. The number of nitrogens with two attached hydrogens (primary N) is 1. The highest BCUT2D eigenvalue weighted by atomic mass is 19.1. The van der Waals surface area contributed by atoms with Crippen molar-refractivity contribution in [2.24, 2.45) is 0 Å². The number of nitrogens with zero attached hydrogens (tertiary/aromatic N) is 2. The second-order valence-corrected chi connectivity index (χ2v) is 3.18. The summed E-state index contributed by atoms with van der Waals surface area (Å²) in [6, 6.07) is 0. The third-order valence-electron chi connectivity index (χ3n) is 2.01. The van der Waals surface area contributed by atoms with E-state index in [4.69, 9.17) is 5.73 Å². The Hall–Kier alpha value is -1.06. The Balaban J connectivity index is 2.29. The summed E-state index contributed by atoms with van der Waals surface area (Å²) in [7, 11) is 0. The molecule has 2 N–H and O–H groups in total. The van der Waals surface area contributed by atoms with E-state index in [2.05, 4.69) is 5.10 Å². The topological polar surface area (TPSA) is 43.8 Å². The second-order valence-electron chi connectivity index (χ2n) is 3.18. The smallest absolute Gasteiger partial charge is 0.0894 e. The number of anilines is 1. The molecule has 1 aromatic heterocycles. The molecule has 4 heteroatoms. The number of halogens is 1. The van der Waals surface area contributed by atoms with Gasteiger partial charge in [0.05, 0.1) is 18.1 Å².